The maximum atomic E-state index is 6.51. The fraction of sp³-hybridized carbons (Fsp3) is 0.0870. The molecule has 0 saturated heterocycles. The summed E-state index contributed by atoms with van der Waals surface area (Å²) in [6, 6.07) is 23.2. The van der Waals surface area contributed by atoms with Crippen molar-refractivity contribution in [2.75, 3.05) is 14.2 Å². The average molecular weight is 404 g/mol. The molecule has 6 heteroatoms. The van der Waals surface area contributed by atoms with Crippen LogP contribution in [0.2, 0.25) is 5.02 Å². The largest absolute Gasteiger partial charge is 0.550 e. The van der Waals surface area contributed by atoms with Crippen molar-refractivity contribution < 1.29 is 14.1 Å². The maximum absolute atomic E-state index is 6.51. The number of para-hydroxylation sites is 1. The molecule has 0 bridgehead atoms. The van der Waals surface area contributed by atoms with E-state index in [1.807, 2.05) is 72.8 Å². The average Bonchev–Trinajstić information content (AvgIpc) is 2.77. The summed E-state index contributed by atoms with van der Waals surface area (Å²) in [5, 5.41) is 1.66. The Hall–Kier alpha value is -3.18. The molecule has 0 radical (unpaired) electrons. The highest BCUT2D eigenvalue weighted by Gasteiger charge is 2.26. The van der Waals surface area contributed by atoms with Gasteiger partial charge in [-0.3, -0.25) is 4.98 Å². The first kappa shape index (κ1) is 19.2. The molecule has 0 atom stereocenters. The van der Waals surface area contributed by atoms with Crippen LogP contribution in [-0.4, -0.2) is 26.1 Å². The molecule has 29 heavy (non-hydrogen) atoms. The minimum Gasteiger partial charge on any atom is -0.550 e. The second-order valence-electron chi connectivity index (χ2n) is 6.50. The highest BCUT2D eigenvalue weighted by molar-refractivity contribution is 6.80. The predicted molar refractivity (Wildman–Crippen MR) is 118 cm³/mol. The van der Waals surface area contributed by atoms with Crippen molar-refractivity contribution in [2.45, 2.75) is 0 Å². The summed E-state index contributed by atoms with van der Waals surface area (Å²) >= 11 is 6.27. The number of aromatic nitrogens is 1. The van der Waals surface area contributed by atoms with Crippen LogP contribution in [0.5, 0.6) is 17.2 Å². The first-order chi connectivity index (χ1) is 14.2. The third-order valence-electron chi connectivity index (χ3n) is 4.70. The number of nitrogens with zero attached hydrogens (tertiary/aromatic N) is 1. The Morgan fingerprint density at radius 2 is 1.52 bits per heavy atom. The van der Waals surface area contributed by atoms with Crippen molar-refractivity contribution in [1.82, 2.24) is 4.98 Å². The van der Waals surface area contributed by atoms with Crippen LogP contribution >= 0.6 is 11.6 Å². The van der Waals surface area contributed by atoms with E-state index in [1.165, 1.54) is 0 Å². The van der Waals surface area contributed by atoms with Crippen LogP contribution in [0.4, 0.5) is 0 Å². The lowest BCUT2D eigenvalue weighted by Crippen LogP contribution is -2.47. The van der Waals surface area contributed by atoms with E-state index < -0.39 is 6.92 Å². The van der Waals surface area contributed by atoms with Crippen LogP contribution in [0.15, 0.2) is 79.0 Å². The molecule has 4 aromatic rings. The standard InChI is InChI=1S/C23H19BClNO3/c1-27-20-12-11-18(15-22(20)28-2)24(17-8-4-9-19(25)14-17)29-21-10-3-6-16-7-5-13-26-23(16)21/h3-15H,1-2H3. The molecule has 0 unspecified atom stereocenters. The van der Waals surface area contributed by atoms with Crippen LogP contribution in [0, 0.1) is 0 Å². The molecule has 0 amide bonds. The molecule has 0 N–H and O–H groups in total. The smallest absolute Gasteiger partial charge is 0.426 e. The van der Waals surface area contributed by atoms with Gasteiger partial charge >= 0.3 is 6.92 Å². The van der Waals surface area contributed by atoms with Crippen molar-refractivity contribution in [3.8, 4) is 17.2 Å². The van der Waals surface area contributed by atoms with Gasteiger partial charge < -0.3 is 14.1 Å². The van der Waals surface area contributed by atoms with E-state index in [0.717, 1.165) is 21.8 Å². The summed E-state index contributed by atoms with van der Waals surface area (Å²) < 4.78 is 17.4. The summed E-state index contributed by atoms with van der Waals surface area (Å²) in [6.45, 7) is -0.402. The van der Waals surface area contributed by atoms with Crippen molar-refractivity contribution >= 4 is 40.3 Å². The zero-order chi connectivity index (χ0) is 20.2. The fourth-order valence-corrected chi connectivity index (χ4v) is 3.51. The second kappa shape index (κ2) is 8.45. The van der Waals surface area contributed by atoms with Crippen LogP contribution in [0.1, 0.15) is 0 Å². The van der Waals surface area contributed by atoms with E-state index in [4.69, 9.17) is 25.7 Å². The highest BCUT2D eigenvalue weighted by Crippen LogP contribution is 2.26. The maximum Gasteiger partial charge on any atom is 0.426 e. The second-order valence-corrected chi connectivity index (χ2v) is 6.94. The molecule has 0 fully saturated rings. The van der Waals surface area contributed by atoms with Gasteiger partial charge in [-0.25, -0.2) is 0 Å². The normalized spacial score (nSPS) is 10.6. The Morgan fingerprint density at radius 3 is 2.31 bits per heavy atom. The summed E-state index contributed by atoms with van der Waals surface area (Å²) in [5.74, 6) is 1.99. The van der Waals surface area contributed by atoms with Gasteiger partial charge in [0.05, 0.1) is 14.2 Å². The van der Waals surface area contributed by atoms with Gasteiger partial charge in [0.2, 0.25) is 0 Å². The molecule has 1 heterocycles. The summed E-state index contributed by atoms with van der Waals surface area (Å²) in [4.78, 5) is 4.50. The van der Waals surface area contributed by atoms with Gasteiger partial charge in [-0.2, -0.15) is 0 Å². The van der Waals surface area contributed by atoms with E-state index >= 15 is 0 Å². The number of rotatable bonds is 6. The molecule has 4 nitrogen and oxygen atoms in total. The molecule has 0 saturated carbocycles. The Morgan fingerprint density at radius 1 is 0.759 bits per heavy atom. The third kappa shape index (κ3) is 4.01. The van der Waals surface area contributed by atoms with E-state index in [-0.39, 0.29) is 0 Å². The molecule has 0 aliphatic rings. The number of pyridine rings is 1. The summed E-state index contributed by atoms with van der Waals surface area (Å²) in [7, 11) is 3.23. The van der Waals surface area contributed by atoms with Crippen molar-refractivity contribution in [3.05, 3.63) is 84.0 Å². The number of hydrogen-bond donors (Lipinski definition) is 0. The minimum atomic E-state index is -0.402. The molecule has 144 valence electrons. The van der Waals surface area contributed by atoms with Crippen molar-refractivity contribution in [3.63, 3.8) is 0 Å². The van der Waals surface area contributed by atoms with E-state index in [0.29, 0.717) is 22.3 Å². The Bertz CT molecular complexity index is 1150. The van der Waals surface area contributed by atoms with Crippen molar-refractivity contribution in [2.24, 2.45) is 0 Å². The van der Waals surface area contributed by atoms with E-state index in [2.05, 4.69) is 4.98 Å². The number of halogens is 1. The van der Waals surface area contributed by atoms with Crippen LogP contribution in [-0.2, 0) is 0 Å². The predicted octanol–water partition coefficient (Wildman–Crippen LogP) is 4.09. The number of ether oxygens (including phenoxy) is 2. The summed E-state index contributed by atoms with van der Waals surface area (Å²) in [5.41, 5.74) is 2.65. The molecular weight excluding hydrogens is 385 g/mol. The molecule has 3 aromatic carbocycles. The molecule has 4 rings (SSSR count). The van der Waals surface area contributed by atoms with Crippen LogP contribution in [0.3, 0.4) is 0 Å². The zero-order valence-corrected chi connectivity index (χ0v) is 16.9. The van der Waals surface area contributed by atoms with Crippen LogP contribution < -0.4 is 25.1 Å². The Balaban J connectivity index is 1.83. The van der Waals surface area contributed by atoms with Gasteiger partial charge in [-0.05, 0) is 47.3 Å². The van der Waals surface area contributed by atoms with Crippen LogP contribution in [0.25, 0.3) is 10.9 Å². The highest BCUT2D eigenvalue weighted by atomic mass is 35.5. The van der Waals surface area contributed by atoms with Gasteiger partial charge in [0, 0.05) is 16.6 Å². The lowest BCUT2D eigenvalue weighted by Gasteiger charge is -2.19. The topological polar surface area (TPSA) is 40.6 Å². The lowest BCUT2D eigenvalue weighted by atomic mass is 9.55. The monoisotopic (exact) mass is 403 g/mol. The summed E-state index contributed by atoms with van der Waals surface area (Å²) in [6.07, 6.45) is 1.76. The van der Waals surface area contributed by atoms with Crippen molar-refractivity contribution in [1.29, 1.82) is 0 Å². The number of hydrogen-bond acceptors (Lipinski definition) is 4. The van der Waals surface area contributed by atoms with Gasteiger partial charge in [-0.15, -0.1) is 0 Å². The number of benzene rings is 3. The number of fused-ring (bicyclic) bond motifs is 1. The van der Waals surface area contributed by atoms with E-state index in [9.17, 15) is 0 Å². The molecular formula is C23H19BClNO3. The first-order valence-corrected chi connectivity index (χ1v) is 9.55. The SMILES string of the molecule is COc1ccc(B(Oc2cccc3cccnc23)c2cccc(Cl)c2)cc1OC. The quantitative estimate of drug-likeness (QED) is 0.455. The van der Waals surface area contributed by atoms with Gasteiger partial charge in [0.15, 0.2) is 11.5 Å². The lowest BCUT2D eigenvalue weighted by molar-refractivity contribution is 0.355. The third-order valence-corrected chi connectivity index (χ3v) is 4.94. The zero-order valence-electron chi connectivity index (χ0n) is 16.1. The van der Waals surface area contributed by atoms with Gasteiger partial charge in [0.1, 0.15) is 11.3 Å². The van der Waals surface area contributed by atoms with Gasteiger partial charge in [-0.1, -0.05) is 48.0 Å². The van der Waals surface area contributed by atoms with Gasteiger partial charge in [0.25, 0.3) is 0 Å². The Kier molecular flexibility index (Phi) is 5.58. The molecule has 0 spiro atoms. The fourth-order valence-electron chi connectivity index (χ4n) is 3.31. The first-order valence-electron chi connectivity index (χ1n) is 9.17. The van der Waals surface area contributed by atoms with E-state index in [1.54, 1.807) is 20.4 Å². The molecule has 0 aliphatic carbocycles. The molecule has 0 aliphatic heterocycles. The molecule has 1 aromatic heterocycles. The minimum absolute atomic E-state index is 0.402. The Labute approximate surface area is 175 Å². The number of methoxy groups -OCH3 is 2.